The van der Waals surface area contributed by atoms with Crippen molar-refractivity contribution in [1.82, 2.24) is 0 Å². The highest BCUT2D eigenvalue weighted by Gasteiger charge is 2.17. The molecule has 4 heteroatoms. The first-order chi connectivity index (χ1) is 9.08. The maximum Gasteiger partial charge on any atom is 0.175 e. The van der Waals surface area contributed by atoms with E-state index in [9.17, 15) is 4.79 Å². The van der Waals surface area contributed by atoms with Crippen molar-refractivity contribution in [1.29, 1.82) is 0 Å². The number of hydrogen-bond acceptors (Lipinski definition) is 2. The summed E-state index contributed by atoms with van der Waals surface area (Å²) in [5, 5.41) is 1.10. The van der Waals surface area contributed by atoms with Crippen LogP contribution >= 0.6 is 35.0 Å². The first-order valence-electron chi connectivity index (χ1n) is 5.79. The van der Waals surface area contributed by atoms with E-state index in [0.717, 1.165) is 4.90 Å². The van der Waals surface area contributed by atoms with Gasteiger partial charge in [0.25, 0.3) is 0 Å². The number of hydrogen-bond donors (Lipinski definition) is 0. The second kappa shape index (κ2) is 6.47. The molecular formula is C15H12Cl2OS. The van der Waals surface area contributed by atoms with E-state index in [2.05, 4.69) is 0 Å². The molecule has 0 unspecified atom stereocenters. The molecule has 0 N–H and O–H groups in total. The molecule has 1 nitrogen and oxygen atoms in total. The Bertz CT molecular complexity index is 581. The lowest BCUT2D eigenvalue weighted by Crippen LogP contribution is -2.13. The summed E-state index contributed by atoms with van der Waals surface area (Å²) >= 11 is 13.4. The topological polar surface area (TPSA) is 17.1 Å². The molecule has 0 radical (unpaired) electrons. The summed E-state index contributed by atoms with van der Waals surface area (Å²) in [5.41, 5.74) is 0.663. The summed E-state index contributed by atoms with van der Waals surface area (Å²) in [6.45, 7) is 1.88. The van der Waals surface area contributed by atoms with Crippen LogP contribution in [0.2, 0.25) is 10.0 Å². The summed E-state index contributed by atoms with van der Waals surface area (Å²) in [4.78, 5) is 13.2. The Morgan fingerprint density at radius 3 is 2.32 bits per heavy atom. The Hall–Kier alpha value is -0.960. The summed E-state index contributed by atoms with van der Waals surface area (Å²) in [5.74, 6) is 0.0709. The van der Waals surface area contributed by atoms with Crippen LogP contribution in [0.3, 0.4) is 0 Å². The Morgan fingerprint density at radius 2 is 1.68 bits per heavy atom. The largest absolute Gasteiger partial charge is 0.293 e. The quantitative estimate of drug-likeness (QED) is 0.559. The predicted octanol–water partition coefficient (Wildman–Crippen LogP) is 5.36. The lowest BCUT2D eigenvalue weighted by molar-refractivity contribution is 0.0994. The lowest BCUT2D eigenvalue weighted by atomic mass is 10.1. The van der Waals surface area contributed by atoms with E-state index in [0.29, 0.717) is 15.6 Å². The Labute approximate surface area is 126 Å². The van der Waals surface area contributed by atoms with Gasteiger partial charge in [-0.15, -0.1) is 11.8 Å². The van der Waals surface area contributed by atoms with Crippen LogP contribution in [0.15, 0.2) is 53.4 Å². The fraction of sp³-hybridized carbons (Fsp3) is 0.133. The zero-order valence-electron chi connectivity index (χ0n) is 10.3. The average Bonchev–Trinajstić information content (AvgIpc) is 2.41. The minimum absolute atomic E-state index is 0.0709. The van der Waals surface area contributed by atoms with Crippen LogP contribution in [-0.2, 0) is 0 Å². The summed E-state index contributed by atoms with van der Waals surface area (Å²) < 4.78 is 0. The molecule has 0 aromatic heterocycles. The molecule has 98 valence electrons. The van der Waals surface area contributed by atoms with Crippen LogP contribution in [-0.4, -0.2) is 11.0 Å². The van der Waals surface area contributed by atoms with Crippen LogP contribution in [0.1, 0.15) is 17.3 Å². The summed E-state index contributed by atoms with van der Waals surface area (Å²) in [6.07, 6.45) is 0. The standard InChI is InChI=1S/C15H12Cl2OS/c1-10(19-14-5-3-2-4-13(14)17)15(18)11-6-8-12(16)9-7-11/h2-10H,1H3/t10-/m0/s1. The third-order valence-electron chi connectivity index (χ3n) is 2.64. The van der Waals surface area contributed by atoms with Crippen LogP contribution in [0.25, 0.3) is 0 Å². The van der Waals surface area contributed by atoms with Gasteiger partial charge in [0, 0.05) is 15.5 Å². The minimum Gasteiger partial charge on any atom is -0.293 e. The molecule has 0 aliphatic carbocycles. The van der Waals surface area contributed by atoms with Gasteiger partial charge in [0.2, 0.25) is 0 Å². The van der Waals surface area contributed by atoms with Crippen molar-refractivity contribution < 1.29 is 4.79 Å². The van der Waals surface area contributed by atoms with Crippen molar-refractivity contribution in [2.24, 2.45) is 0 Å². The molecule has 1 atom stereocenters. The van der Waals surface area contributed by atoms with Gasteiger partial charge in [0.1, 0.15) is 0 Å². The molecule has 19 heavy (non-hydrogen) atoms. The highest BCUT2D eigenvalue weighted by atomic mass is 35.5. The fourth-order valence-corrected chi connectivity index (χ4v) is 2.99. The normalized spacial score (nSPS) is 12.2. The molecule has 0 aliphatic heterocycles. The third-order valence-corrected chi connectivity index (χ3v) is 4.51. The maximum absolute atomic E-state index is 12.3. The molecule has 0 bridgehead atoms. The van der Waals surface area contributed by atoms with E-state index >= 15 is 0 Å². The van der Waals surface area contributed by atoms with Crippen LogP contribution in [0.5, 0.6) is 0 Å². The van der Waals surface area contributed by atoms with E-state index in [1.165, 1.54) is 11.8 Å². The van der Waals surface area contributed by atoms with Gasteiger partial charge in [-0.05, 0) is 43.3 Å². The number of carbonyl (C=O) groups excluding carboxylic acids is 1. The van der Waals surface area contributed by atoms with E-state index in [1.807, 2.05) is 31.2 Å². The predicted molar refractivity (Wildman–Crippen MR) is 82.6 cm³/mol. The van der Waals surface area contributed by atoms with Crippen molar-refractivity contribution in [3.8, 4) is 0 Å². The molecule has 2 aromatic rings. The van der Waals surface area contributed by atoms with Gasteiger partial charge in [-0.1, -0.05) is 35.3 Å². The highest BCUT2D eigenvalue weighted by Crippen LogP contribution is 2.31. The minimum atomic E-state index is -0.193. The summed E-state index contributed by atoms with van der Waals surface area (Å²) in [7, 11) is 0. The number of rotatable bonds is 4. The zero-order valence-corrected chi connectivity index (χ0v) is 12.6. The van der Waals surface area contributed by atoms with Gasteiger partial charge in [0.05, 0.1) is 10.3 Å². The Balaban J connectivity index is 2.12. The first-order valence-corrected chi connectivity index (χ1v) is 7.42. The molecule has 2 aromatic carbocycles. The zero-order chi connectivity index (χ0) is 13.8. The lowest BCUT2D eigenvalue weighted by Gasteiger charge is -2.11. The van der Waals surface area contributed by atoms with Crippen molar-refractivity contribution >= 4 is 40.7 Å². The van der Waals surface area contributed by atoms with E-state index < -0.39 is 0 Å². The number of halogens is 2. The van der Waals surface area contributed by atoms with Crippen LogP contribution in [0, 0.1) is 0 Å². The smallest absolute Gasteiger partial charge is 0.175 e. The molecule has 2 rings (SSSR count). The summed E-state index contributed by atoms with van der Waals surface area (Å²) in [6, 6.07) is 14.5. The third kappa shape index (κ3) is 3.75. The number of benzene rings is 2. The van der Waals surface area contributed by atoms with Crippen molar-refractivity contribution in [3.05, 3.63) is 64.1 Å². The van der Waals surface area contributed by atoms with Gasteiger partial charge >= 0.3 is 0 Å². The molecule has 0 saturated carbocycles. The van der Waals surface area contributed by atoms with Gasteiger partial charge in [-0.2, -0.15) is 0 Å². The van der Waals surface area contributed by atoms with Crippen molar-refractivity contribution in [2.45, 2.75) is 17.1 Å². The molecule has 0 heterocycles. The number of Topliss-reactive ketones (excluding diaryl/α,β-unsaturated/α-hetero) is 1. The SMILES string of the molecule is C[C@H](Sc1ccccc1Cl)C(=O)c1ccc(Cl)cc1. The monoisotopic (exact) mass is 310 g/mol. The van der Waals surface area contributed by atoms with Gasteiger partial charge in [0.15, 0.2) is 5.78 Å². The van der Waals surface area contributed by atoms with Gasteiger partial charge in [-0.25, -0.2) is 0 Å². The number of ketones is 1. The fourth-order valence-electron chi connectivity index (χ4n) is 1.63. The second-order valence-corrected chi connectivity index (χ2v) is 6.29. The van der Waals surface area contributed by atoms with Gasteiger partial charge in [-0.3, -0.25) is 4.79 Å². The number of carbonyl (C=O) groups is 1. The van der Waals surface area contributed by atoms with E-state index in [-0.39, 0.29) is 11.0 Å². The molecule has 0 fully saturated rings. The van der Waals surface area contributed by atoms with Crippen LogP contribution < -0.4 is 0 Å². The average molecular weight is 311 g/mol. The van der Waals surface area contributed by atoms with E-state index in [4.69, 9.17) is 23.2 Å². The van der Waals surface area contributed by atoms with Crippen molar-refractivity contribution in [2.75, 3.05) is 0 Å². The second-order valence-electron chi connectivity index (χ2n) is 4.06. The van der Waals surface area contributed by atoms with E-state index in [1.54, 1.807) is 24.3 Å². The maximum atomic E-state index is 12.3. The molecule has 0 spiro atoms. The Kier molecular flexibility index (Phi) is 4.92. The molecule has 0 saturated heterocycles. The molecule has 0 amide bonds. The highest BCUT2D eigenvalue weighted by molar-refractivity contribution is 8.00. The number of thioether (sulfide) groups is 1. The molecule has 0 aliphatic rings. The molecular weight excluding hydrogens is 299 g/mol. The van der Waals surface area contributed by atoms with Gasteiger partial charge < -0.3 is 0 Å². The Morgan fingerprint density at radius 1 is 1.05 bits per heavy atom. The van der Waals surface area contributed by atoms with Crippen LogP contribution in [0.4, 0.5) is 0 Å². The van der Waals surface area contributed by atoms with Crippen molar-refractivity contribution in [3.63, 3.8) is 0 Å². The first kappa shape index (κ1) is 14.4.